The monoisotopic (exact) mass is 317 g/mol. The van der Waals surface area contributed by atoms with Crippen molar-refractivity contribution in [2.45, 2.75) is 32.6 Å². The van der Waals surface area contributed by atoms with Gasteiger partial charge in [0.25, 0.3) is 5.91 Å². The van der Waals surface area contributed by atoms with Gasteiger partial charge in [0.2, 0.25) is 0 Å². The highest BCUT2D eigenvalue weighted by atomic mass is 79.9. The Morgan fingerprint density at radius 2 is 2.12 bits per heavy atom. The number of amides is 1. The minimum Gasteiger partial charge on any atom is -0.352 e. The molecule has 0 aliphatic heterocycles. The first kappa shape index (κ1) is 14.5. The Balaban J connectivity index is 2.39. The van der Waals surface area contributed by atoms with E-state index in [0.29, 0.717) is 10.6 Å². The number of nitrogens with one attached hydrogen (secondary N) is 1. The molecule has 0 bridgehead atoms. The van der Waals surface area contributed by atoms with Gasteiger partial charge in [-0.1, -0.05) is 37.8 Å². The van der Waals surface area contributed by atoms with Gasteiger partial charge in [-0.25, -0.2) is 0 Å². The maximum atomic E-state index is 11.8. The molecule has 0 heterocycles. The fraction of sp³-hybridized carbons (Fsp3) is 0.462. The van der Waals surface area contributed by atoms with Crippen LogP contribution in [0, 0.1) is 0 Å². The number of hydrogen-bond donors (Lipinski definition) is 1. The van der Waals surface area contributed by atoms with Gasteiger partial charge in [-0.2, -0.15) is 0 Å². The first-order valence-corrected chi connectivity index (χ1v) is 7.05. The zero-order valence-electron chi connectivity index (χ0n) is 9.93. The molecule has 1 aromatic rings. The van der Waals surface area contributed by atoms with E-state index in [-0.39, 0.29) is 5.91 Å². The summed E-state index contributed by atoms with van der Waals surface area (Å²) >= 11 is 9.17. The van der Waals surface area contributed by atoms with Gasteiger partial charge in [0, 0.05) is 16.6 Å². The van der Waals surface area contributed by atoms with Crippen molar-refractivity contribution in [2.24, 2.45) is 0 Å². The highest BCUT2D eigenvalue weighted by molar-refractivity contribution is 9.10. The molecule has 17 heavy (non-hydrogen) atoms. The minimum absolute atomic E-state index is 0.0427. The van der Waals surface area contributed by atoms with Crippen molar-refractivity contribution >= 4 is 33.4 Å². The van der Waals surface area contributed by atoms with Crippen molar-refractivity contribution in [3.63, 3.8) is 0 Å². The maximum Gasteiger partial charge on any atom is 0.251 e. The smallest absolute Gasteiger partial charge is 0.251 e. The number of carbonyl (C=O) groups excluding carboxylic acids is 1. The van der Waals surface area contributed by atoms with E-state index >= 15 is 0 Å². The van der Waals surface area contributed by atoms with E-state index in [9.17, 15) is 4.79 Å². The Kier molecular flexibility index (Phi) is 6.60. The Labute approximate surface area is 116 Å². The van der Waals surface area contributed by atoms with Gasteiger partial charge in [-0.3, -0.25) is 4.79 Å². The average molecular weight is 319 g/mol. The van der Waals surface area contributed by atoms with E-state index < -0.39 is 0 Å². The summed E-state index contributed by atoms with van der Waals surface area (Å²) in [4.78, 5) is 11.8. The molecule has 4 heteroatoms. The van der Waals surface area contributed by atoms with Crippen LogP contribution in [0.1, 0.15) is 43.0 Å². The largest absolute Gasteiger partial charge is 0.352 e. The highest BCUT2D eigenvalue weighted by Gasteiger charge is 2.06. The molecule has 0 atom stereocenters. The van der Waals surface area contributed by atoms with E-state index in [4.69, 9.17) is 11.6 Å². The third kappa shape index (κ3) is 5.09. The van der Waals surface area contributed by atoms with Crippen molar-refractivity contribution in [3.05, 3.63) is 33.3 Å². The molecule has 0 spiro atoms. The molecule has 94 valence electrons. The molecular weight excluding hydrogens is 302 g/mol. The SMILES string of the molecule is CCCCCCNC(=O)c1ccc(Cl)c(Br)c1. The lowest BCUT2D eigenvalue weighted by molar-refractivity contribution is 0.0953. The molecule has 0 saturated carbocycles. The Hall–Kier alpha value is -0.540. The summed E-state index contributed by atoms with van der Waals surface area (Å²) in [6.45, 7) is 2.91. The van der Waals surface area contributed by atoms with Crippen molar-refractivity contribution in [1.29, 1.82) is 0 Å². The quantitative estimate of drug-likeness (QED) is 0.773. The van der Waals surface area contributed by atoms with Crippen LogP contribution in [0.5, 0.6) is 0 Å². The predicted molar refractivity (Wildman–Crippen MR) is 75.6 cm³/mol. The molecule has 0 unspecified atom stereocenters. The van der Waals surface area contributed by atoms with Gasteiger partial charge < -0.3 is 5.32 Å². The minimum atomic E-state index is -0.0427. The van der Waals surface area contributed by atoms with Crippen molar-refractivity contribution in [2.75, 3.05) is 6.54 Å². The van der Waals surface area contributed by atoms with Gasteiger partial charge >= 0.3 is 0 Å². The molecular formula is C13H17BrClNO. The van der Waals surface area contributed by atoms with Gasteiger partial charge in [-0.15, -0.1) is 0 Å². The second-order valence-corrected chi connectivity index (χ2v) is 5.21. The summed E-state index contributed by atoms with van der Waals surface area (Å²) in [5.41, 5.74) is 0.636. The average Bonchev–Trinajstić information content (AvgIpc) is 2.32. The third-order valence-electron chi connectivity index (χ3n) is 2.50. The van der Waals surface area contributed by atoms with Gasteiger partial charge in [0.1, 0.15) is 0 Å². The van der Waals surface area contributed by atoms with E-state index in [0.717, 1.165) is 17.4 Å². The zero-order valence-corrected chi connectivity index (χ0v) is 12.3. The van der Waals surface area contributed by atoms with Crippen molar-refractivity contribution < 1.29 is 4.79 Å². The van der Waals surface area contributed by atoms with Crippen LogP contribution in [-0.2, 0) is 0 Å². The van der Waals surface area contributed by atoms with E-state index in [1.807, 2.05) is 0 Å². The number of rotatable bonds is 6. The molecule has 2 nitrogen and oxygen atoms in total. The molecule has 0 saturated heterocycles. The summed E-state index contributed by atoms with van der Waals surface area (Å²) in [7, 11) is 0. The first-order valence-electron chi connectivity index (χ1n) is 5.88. The third-order valence-corrected chi connectivity index (χ3v) is 3.71. The molecule has 1 N–H and O–H groups in total. The van der Waals surface area contributed by atoms with E-state index in [2.05, 4.69) is 28.2 Å². The van der Waals surface area contributed by atoms with Gasteiger partial charge in [-0.05, 0) is 40.5 Å². The number of halogens is 2. The molecule has 1 rings (SSSR count). The lowest BCUT2D eigenvalue weighted by Crippen LogP contribution is -2.24. The highest BCUT2D eigenvalue weighted by Crippen LogP contribution is 2.23. The van der Waals surface area contributed by atoms with Gasteiger partial charge in [0.15, 0.2) is 0 Å². The zero-order chi connectivity index (χ0) is 12.7. The molecule has 0 aromatic heterocycles. The molecule has 0 fully saturated rings. The number of unbranched alkanes of at least 4 members (excludes halogenated alkanes) is 3. The van der Waals surface area contributed by atoms with Crippen LogP contribution in [0.25, 0.3) is 0 Å². The Morgan fingerprint density at radius 3 is 2.76 bits per heavy atom. The molecule has 1 amide bonds. The van der Waals surface area contributed by atoms with E-state index in [1.54, 1.807) is 18.2 Å². The van der Waals surface area contributed by atoms with Crippen LogP contribution in [-0.4, -0.2) is 12.5 Å². The van der Waals surface area contributed by atoms with Crippen molar-refractivity contribution in [3.8, 4) is 0 Å². The number of carbonyl (C=O) groups is 1. The fourth-order valence-electron chi connectivity index (χ4n) is 1.49. The summed E-state index contributed by atoms with van der Waals surface area (Å²) in [6, 6.07) is 5.19. The van der Waals surface area contributed by atoms with E-state index in [1.165, 1.54) is 19.3 Å². The normalized spacial score (nSPS) is 10.3. The molecule has 0 aliphatic rings. The van der Waals surface area contributed by atoms with Gasteiger partial charge in [0.05, 0.1) is 5.02 Å². The standard InChI is InChI=1S/C13H17BrClNO/c1-2-3-4-5-8-16-13(17)10-6-7-12(15)11(14)9-10/h6-7,9H,2-5,8H2,1H3,(H,16,17). The number of benzene rings is 1. The van der Waals surface area contributed by atoms with Crippen LogP contribution in [0.3, 0.4) is 0 Å². The first-order chi connectivity index (χ1) is 8.15. The molecule has 0 aliphatic carbocycles. The maximum absolute atomic E-state index is 11.8. The molecule has 1 aromatic carbocycles. The molecule has 0 radical (unpaired) electrons. The van der Waals surface area contributed by atoms with Crippen LogP contribution < -0.4 is 5.32 Å². The summed E-state index contributed by atoms with van der Waals surface area (Å²) < 4.78 is 0.748. The topological polar surface area (TPSA) is 29.1 Å². The lowest BCUT2D eigenvalue weighted by Gasteiger charge is -2.06. The van der Waals surface area contributed by atoms with Crippen LogP contribution >= 0.6 is 27.5 Å². The van der Waals surface area contributed by atoms with Crippen LogP contribution in [0.4, 0.5) is 0 Å². The summed E-state index contributed by atoms with van der Waals surface area (Å²) in [6.07, 6.45) is 4.63. The fourth-order valence-corrected chi connectivity index (χ4v) is 1.99. The summed E-state index contributed by atoms with van der Waals surface area (Å²) in [5.74, 6) is -0.0427. The summed E-state index contributed by atoms with van der Waals surface area (Å²) in [5, 5.41) is 3.52. The lowest BCUT2D eigenvalue weighted by atomic mass is 10.2. The number of hydrogen-bond acceptors (Lipinski definition) is 1. The predicted octanol–water partition coefficient (Wildman–Crippen LogP) is 4.41. The van der Waals surface area contributed by atoms with Crippen LogP contribution in [0.15, 0.2) is 22.7 Å². The van der Waals surface area contributed by atoms with Crippen LogP contribution in [0.2, 0.25) is 5.02 Å². The van der Waals surface area contributed by atoms with Crippen molar-refractivity contribution in [1.82, 2.24) is 5.32 Å². The second-order valence-electron chi connectivity index (χ2n) is 3.95. The Bertz CT molecular complexity index is 382. The second kappa shape index (κ2) is 7.72. The Morgan fingerprint density at radius 1 is 1.35 bits per heavy atom.